The van der Waals surface area contributed by atoms with Gasteiger partial charge in [-0.05, 0) is 44.4 Å². The van der Waals surface area contributed by atoms with Gasteiger partial charge in [0.05, 0.1) is 5.56 Å². The summed E-state index contributed by atoms with van der Waals surface area (Å²) in [5, 5.41) is 21.0. The van der Waals surface area contributed by atoms with Gasteiger partial charge < -0.3 is 24.5 Å². The van der Waals surface area contributed by atoms with Crippen molar-refractivity contribution in [2.45, 2.75) is 38.8 Å². The van der Waals surface area contributed by atoms with Gasteiger partial charge in [0.1, 0.15) is 5.69 Å². The first-order valence-electron chi connectivity index (χ1n) is 10.6. The van der Waals surface area contributed by atoms with E-state index in [1.54, 1.807) is 10.6 Å². The van der Waals surface area contributed by atoms with E-state index in [0.29, 0.717) is 25.2 Å². The molecule has 2 aliphatic heterocycles. The zero-order valence-electron chi connectivity index (χ0n) is 17.6. The number of fused-ring (bicyclic) bond motifs is 5. The van der Waals surface area contributed by atoms with Crippen molar-refractivity contribution in [3.63, 3.8) is 0 Å². The summed E-state index contributed by atoms with van der Waals surface area (Å²) in [5.41, 5.74) is 1.81. The summed E-state index contributed by atoms with van der Waals surface area (Å²) in [6.45, 7) is 5.72. The number of benzene rings is 1. The Bertz CT molecular complexity index is 1230. The lowest BCUT2D eigenvalue weighted by Gasteiger charge is -2.43. The third-order valence-corrected chi connectivity index (χ3v) is 6.60. The molecule has 8 heteroatoms. The molecule has 5 rings (SSSR count). The fraction of sp³-hybridized carbons (Fsp3) is 0.391. The van der Waals surface area contributed by atoms with E-state index in [1.807, 2.05) is 35.4 Å². The van der Waals surface area contributed by atoms with Gasteiger partial charge in [-0.25, -0.2) is 0 Å². The van der Waals surface area contributed by atoms with Crippen LogP contribution in [0.5, 0.6) is 0 Å². The predicted octanol–water partition coefficient (Wildman–Crippen LogP) is 3.34. The molecule has 2 aliphatic rings. The van der Waals surface area contributed by atoms with Crippen LogP contribution in [-0.4, -0.2) is 38.2 Å². The summed E-state index contributed by atoms with van der Waals surface area (Å²) in [6.07, 6.45) is 2.85. The van der Waals surface area contributed by atoms with Gasteiger partial charge in [-0.1, -0.05) is 18.2 Å². The Hall–Kier alpha value is -3.10. The van der Waals surface area contributed by atoms with Gasteiger partial charge in [0.2, 0.25) is 0 Å². The molecule has 2 bridgehead atoms. The Morgan fingerprint density at radius 2 is 1.94 bits per heavy atom. The SMILES string of the molecule is CC(C)n1cc(C(=O)N2C[C@@H]3C[C@@H](C2)c2ccc(N([O-])O)c(=O)n2C3)c2ccccc21. The quantitative estimate of drug-likeness (QED) is 0.655. The summed E-state index contributed by atoms with van der Waals surface area (Å²) >= 11 is 0. The van der Waals surface area contributed by atoms with Crippen LogP contribution in [0.4, 0.5) is 5.69 Å². The van der Waals surface area contributed by atoms with Crippen LogP contribution < -0.4 is 10.8 Å². The van der Waals surface area contributed by atoms with Crippen molar-refractivity contribution in [2.75, 3.05) is 18.3 Å². The number of hydrogen-bond acceptors (Lipinski definition) is 5. The Morgan fingerprint density at radius 3 is 2.68 bits per heavy atom. The number of amides is 1. The summed E-state index contributed by atoms with van der Waals surface area (Å²) < 4.78 is 3.72. The van der Waals surface area contributed by atoms with E-state index >= 15 is 0 Å². The average Bonchev–Trinajstić information content (AvgIpc) is 3.13. The van der Waals surface area contributed by atoms with Crippen molar-refractivity contribution in [3.8, 4) is 0 Å². The average molecular weight is 421 g/mol. The van der Waals surface area contributed by atoms with E-state index in [2.05, 4.69) is 18.4 Å². The highest BCUT2D eigenvalue weighted by Crippen LogP contribution is 2.37. The molecule has 2 aromatic heterocycles. The van der Waals surface area contributed by atoms with Crippen LogP contribution in [0.2, 0.25) is 0 Å². The molecule has 1 fully saturated rings. The Morgan fingerprint density at radius 1 is 1.16 bits per heavy atom. The number of rotatable bonds is 3. The molecule has 1 amide bonds. The summed E-state index contributed by atoms with van der Waals surface area (Å²) in [4.78, 5) is 28.1. The third-order valence-electron chi connectivity index (χ3n) is 6.60. The lowest BCUT2D eigenvalue weighted by molar-refractivity contribution is 0.0596. The van der Waals surface area contributed by atoms with Crippen LogP contribution in [0.3, 0.4) is 0 Å². The maximum atomic E-state index is 13.6. The first-order chi connectivity index (χ1) is 14.8. The Labute approximate surface area is 179 Å². The van der Waals surface area contributed by atoms with Crippen molar-refractivity contribution in [3.05, 3.63) is 69.4 Å². The van der Waals surface area contributed by atoms with Gasteiger partial charge in [-0.3, -0.25) is 14.8 Å². The van der Waals surface area contributed by atoms with Crippen LogP contribution in [0.15, 0.2) is 47.4 Å². The minimum atomic E-state index is -0.482. The summed E-state index contributed by atoms with van der Waals surface area (Å²) in [7, 11) is 0. The number of nitrogens with zero attached hydrogens (tertiary/aromatic N) is 4. The lowest BCUT2D eigenvalue weighted by atomic mass is 9.83. The Balaban J connectivity index is 1.49. The van der Waals surface area contributed by atoms with Gasteiger partial charge in [0.15, 0.2) is 0 Å². The number of para-hydroxylation sites is 1. The second-order valence-corrected chi connectivity index (χ2v) is 8.90. The second kappa shape index (κ2) is 7.25. The largest absolute Gasteiger partial charge is 0.733 e. The van der Waals surface area contributed by atoms with Gasteiger partial charge in [-0.15, -0.1) is 0 Å². The fourth-order valence-corrected chi connectivity index (χ4v) is 5.22. The molecule has 0 spiro atoms. The summed E-state index contributed by atoms with van der Waals surface area (Å²) in [5.74, 6) is 0.162. The zero-order chi connectivity index (χ0) is 21.9. The van der Waals surface area contributed by atoms with E-state index in [4.69, 9.17) is 0 Å². The first-order valence-corrected chi connectivity index (χ1v) is 10.6. The number of aromatic nitrogens is 2. The minimum absolute atomic E-state index is 0.0128. The topological polar surface area (TPSA) is 93.8 Å². The van der Waals surface area contributed by atoms with Crippen LogP contribution >= 0.6 is 0 Å². The zero-order valence-corrected chi connectivity index (χ0v) is 17.6. The van der Waals surface area contributed by atoms with Gasteiger partial charge in [0.25, 0.3) is 11.5 Å². The molecule has 0 aliphatic carbocycles. The van der Waals surface area contributed by atoms with E-state index in [9.17, 15) is 20.0 Å². The minimum Gasteiger partial charge on any atom is -0.733 e. The van der Waals surface area contributed by atoms with Gasteiger partial charge in [-0.2, -0.15) is 0 Å². The van der Waals surface area contributed by atoms with E-state index in [-0.39, 0.29) is 34.7 Å². The lowest BCUT2D eigenvalue weighted by Crippen LogP contribution is -2.49. The van der Waals surface area contributed by atoms with Crippen LogP contribution in [0.25, 0.3) is 10.9 Å². The molecule has 0 unspecified atom stereocenters. The maximum Gasteiger partial charge on any atom is 0.275 e. The molecular weight excluding hydrogens is 396 g/mol. The number of piperidine rings is 1. The van der Waals surface area contributed by atoms with E-state index < -0.39 is 5.56 Å². The van der Waals surface area contributed by atoms with Crippen molar-refractivity contribution < 1.29 is 10.0 Å². The van der Waals surface area contributed by atoms with Crippen molar-refractivity contribution >= 4 is 22.5 Å². The molecule has 4 heterocycles. The summed E-state index contributed by atoms with van der Waals surface area (Å²) in [6, 6.07) is 11.3. The molecule has 31 heavy (non-hydrogen) atoms. The highest BCUT2D eigenvalue weighted by atomic mass is 16.8. The van der Waals surface area contributed by atoms with E-state index in [1.165, 1.54) is 6.07 Å². The molecule has 0 saturated carbocycles. The molecule has 1 saturated heterocycles. The maximum absolute atomic E-state index is 13.6. The second-order valence-electron chi connectivity index (χ2n) is 8.90. The van der Waals surface area contributed by atoms with Crippen molar-refractivity contribution in [2.24, 2.45) is 5.92 Å². The molecule has 1 N–H and O–H groups in total. The fourth-order valence-electron chi connectivity index (χ4n) is 5.22. The highest BCUT2D eigenvalue weighted by Gasteiger charge is 2.37. The van der Waals surface area contributed by atoms with E-state index in [0.717, 1.165) is 23.0 Å². The van der Waals surface area contributed by atoms with Crippen LogP contribution in [-0.2, 0) is 6.54 Å². The number of carbonyl (C=O) groups excluding carboxylic acids is 1. The number of likely N-dealkylation sites (tertiary alicyclic amines) is 1. The molecule has 3 aromatic rings. The molecular formula is C23H25N4O4-. The van der Waals surface area contributed by atoms with Gasteiger partial charge >= 0.3 is 0 Å². The Kier molecular flexibility index (Phi) is 4.64. The molecule has 162 valence electrons. The normalized spacial score (nSPS) is 20.2. The van der Waals surface area contributed by atoms with Crippen molar-refractivity contribution in [1.29, 1.82) is 0 Å². The number of pyridine rings is 1. The standard InChI is InChI=1S/C23H25N4O4/c1-14(2)25-13-18(17-5-3-4-6-20(17)25)22(28)24-10-15-9-16(12-24)19-7-8-21(27(30)31)23(29)26(19)11-15/h3-8,13-16,30H,9-12H2,1-2H3/q-1/t15-,16-/m0/s1. The van der Waals surface area contributed by atoms with Crippen LogP contribution in [0, 0.1) is 11.1 Å². The molecule has 2 atom stereocenters. The molecule has 8 nitrogen and oxygen atoms in total. The smallest absolute Gasteiger partial charge is 0.275 e. The van der Waals surface area contributed by atoms with Crippen LogP contribution in [0.1, 0.15) is 48.3 Å². The monoisotopic (exact) mass is 421 g/mol. The number of anilines is 1. The highest BCUT2D eigenvalue weighted by molar-refractivity contribution is 6.07. The number of hydrogen-bond donors (Lipinski definition) is 1. The predicted molar refractivity (Wildman–Crippen MR) is 117 cm³/mol. The van der Waals surface area contributed by atoms with Crippen molar-refractivity contribution in [1.82, 2.24) is 14.0 Å². The molecule has 0 radical (unpaired) electrons. The number of carbonyl (C=O) groups is 1. The first kappa shape index (κ1) is 19.8. The third kappa shape index (κ3) is 3.14. The van der Waals surface area contributed by atoms with Gasteiger partial charge in [0, 0.05) is 54.4 Å². The molecule has 1 aromatic carbocycles.